The first kappa shape index (κ1) is 13.4. The van der Waals surface area contributed by atoms with E-state index in [1.165, 1.54) is 6.92 Å². The van der Waals surface area contributed by atoms with Crippen molar-refractivity contribution < 1.29 is 34.8 Å². The van der Waals surface area contributed by atoms with Crippen molar-refractivity contribution >= 4 is 17.9 Å². The normalized spacial score (nSPS) is 16.4. The summed E-state index contributed by atoms with van der Waals surface area (Å²) in [4.78, 5) is 31.7. The molecule has 0 aromatic carbocycles. The minimum Gasteiger partial charge on any atom is -0.481 e. The Morgan fingerprint density at radius 2 is 1.67 bits per heavy atom. The van der Waals surface area contributed by atoms with Gasteiger partial charge in [-0.2, -0.15) is 0 Å². The van der Waals surface area contributed by atoms with E-state index >= 15 is 0 Å². The van der Waals surface area contributed by atoms with E-state index in [0.717, 1.165) is 0 Å². The number of carboxylic acids is 3. The van der Waals surface area contributed by atoms with Crippen LogP contribution in [0, 0.1) is 5.92 Å². The highest BCUT2D eigenvalue weighted by Crippen LogP contribution is 2.25. The Bertz CT molecular complexity index is 285. The Balaban J connectivity index is 5.15. The number of aliphatic carboxylic acids is 3. The molecule has 0 spiro atoms. The predicted octanol–water partition coefficient (Wildman–Crippen LogP) is -0.612. The monoisotopic (exact) mass is 220 g/mol. The van der Waals surface area contributed by atoms with Crippen LogP contribution < -0.4 is 0 Å². The summed E-state index contributed by atoms with van der Waals surface area (Å²) in [6.07, 6.45) is -1.32. The maximum Gasteiger partial charge on any atom is 0.337 e. The molecule has 0 unspecified atom stereocenters. The number of hydrogen-bond acceptors (Lipinski definition) is 4. The molecule has 0 saturated heterocycles. The Morgan fingerprint density at radius 1 is 1.20 bits per heavy atom. The maximum absolute atomic E-state index is 10.7. The zero-order valence-electron chi connectivity index (χ0n) is 8.01. The lowest BCUT2D eigenvalue weighted by Crippen LogP contribution is -2.50. The van der Waals surface area contributed by atoms with Crippen LogP contribution in [0.25, 0.3) is 0 Å². The van der Waals surface area contributed by atoms with E-state index in [2.05, 4.69) is 0 Å². The summed E-state index contributed by atoms with van der Waals surface area (Å²) in [7, 11) is 0. The van der Waals surface area contributed by atoms with Crippen LogP contribution in [-0.2, 0) is 14.4 Å². The third-order valence-electron chi connectivity index (χ3n) is 2.07. The number of carboxylic acid groups (broad SMARTS) is 3. The molecule has 7 heteroatoms. The molecule has 4 N–H and O–H groups in total. The highest BCUT2D eigenvalue weighted by atomic mass is 16.4. The average Bonchev–Trinajstić information content (AvgIpc) is 2.02. The molecule has 0 heterocycles. The van der Waals surface area contributed by atoms with Crippen LogP contribution in [0.15, 0.2) is 0 Å². The molecule has 0 aliphatic rings. The lowest BCUT2D eigenvalue weighted by Gasteiger charge is -2.27. The standard InChI is InChI=1S/C8H12O7/c1-2-4(6(11)12)8(15,7(13)14)3-5(9)10/h4,15H,2-3H2,1H3,(H,9,10)(H,11,12)(H,13,14)/t4-,8-/m1/s1. The van der Waals surface area contributed by atoms with Gasteiger partial charge in [-0.05, 0) is 6.42 Å². The summed E-state index contributed by atoms with van der Waals surface area (Å²) in [5.74, 6) is -6.60. The summed E-state index contributed by atoms with van der Waals surface area (Å²) in [6.45, 7) is 1.36. The molecule has 0 saturated carbocycles. The number of aliphatic hydroxyl groups is 1. The van der Waals surface area contributed by atoms with Gasteiger partial charge >= 0.3 is 17.9 Å². The van der Waals surface area contributed by atoms with Gasteiger partial charge in [0.25, 0.3) is 0 Å². The SMILES string of the molecule is CC[C@H](C(=O)O)[C@](O)(CC(=O)O)C(=O)O. The van der Waals surface area contributed by atoms with Crippen LogP contribution >= 0.6 is 0 Å². The smallest absolute Gasteiger partial charge is 0.337 e. The minimum absolute atomic E-state index is 0.175. The second kappa shape index (κ2) is 4.74. The summed E-state index contributed by atoms with van der Waals surface area (Å²) < 4.78 is 0. The van der Waals surface area contributed by atoms with Crippen molar-refractivity contribution in [3.63, 3.8) is 0 Å². The van der Waals surface area contributed by atoms with E-state index in [9.17, 15) is 19.5 Å². The molecule has 86 valence electrons. The van der Waals surface area contributed by atoms with E-state index in [4.69, 9.17) is 15.3 Å². The molecule has 0 radical (unpaired) electrons. The van der Waals surface area contributed by atoms with Crippen LogP contribution in [0.3, 0.4) is 0 Å². The first-order valence-corrected chi connectivity index (χ1v) is 4.16. The quantitative estimate of drug-likeness (QED) is 0.469. The fraction of sp³-hybridized carbons (Fsp3) is 0.625. The predicted molar refractivity (Wildman–Crippen MR) is 46.3 cm³/mol. The number of carbonyl (C=O) groups is 3. The summed E-state index contributed by atoms with van der Waals surface area (Å²) in [6, 6.07) is 0. The van der Waals surface area contributed by atoms with Crippen LogP contribution in [0.5, 0.6) is 0 Å². The third-order valence-corrected chi connectivity index (χ3v) is 2.07. The van der Waals surface area contributed by atoms with E-state index < -0.39 is 35.8 Å². The van der Waals surface area contributed by atoms with Gasteiger partial charge in [-0.15, -0.1) is 0 Å². The van der Waals surface area contributed by atoms with Crippen LogP contribution in [0.1, 0.15) is 19.8 Å². The van der Waals surface area contributed by atoms with Crippen molar-refractivity contribution in [1.29, 1.82) is 0 Å². The lowest BCUT2D eigenvalue weighted by atomic mass is 9.83. The van der Waals surface area contributed by atoms with E-state index in [1.807, 2.05) is 0 Å². The van der Waals surface area contributed by atoms with Gasteiger partial charge in [-0.3, -0.25) is 9.59 Å². The maximum atomic E-state index is 10.7. The topological polar surface area (TPSA) is 132 Å². The molecule has 0 aliphatic carbocycles. The molecule has 0 amide bonds. The van der Waals surface area contributed by atoms with Gasteiger partial charge in [0.2, 0.25) is 0 Å². The molecule has 0 aromatic rings. The second-order valence-corrected chi connectivity index (χ2v) is 3.10. The highest BCUT2D eigenvalue weighted by molar-refractivity contribution is 5.89. The Labute approximate surface area is 85.0 Å². The van der Waals surface area contributed by atoms with Crippen LogP contribution in [0.2, 0.25) is 0 Å². The Kier molecular flexibility index (Phi) is 4.22. The summed E-state index contributed by atoms with van der Waals surface area (Å²) in [5.41, 5.74) is -2.77. The van der Waals surface area contributed by atoms with E-state index in [-0.39, 0.29) is 6.42 Å². The largest absolute Gasteiger partial charge is 0.481 e. The van der Waals surface area contributed by atoms with Gasteiger partial charge in [0.15, 0.2) is 5.60 Å². The molecule has 0 aromatic heterocycles. The van der Waals surface area contributed by atoms with Crippen LogP contribution in [0.4, 0.5) is 0 Å². The molecular formula is C8H12O7. The van der Waals surface area contributed by atoms with Crippen molar-refractivity contribution in [2.75, 3.05) is 0 Å². The Hall–Kier alpha value is -1.63. The molecule has 2 atom stereocenters. The fourth-order valence-corrected chi connectivity index (χ4v) is 1.29. The molecule has 0 bridgehead atoms. The molecule has 7 nitrogen and oxygen atoms in total. The van der Waals surface area contributed by atoms with Crippen molar-refractivity contribution in [3.8, 4) is 0 Å². The van der Waals surface area contributed by atoms with Crippen molar-refractivity contribution in [3.05, 3.63) is 0 Å². The lowest BCUT2D eigenvalue weighted by molar-refractivity contribution is -0.179. The van der Waals surface area contributed by atoms with Crippen molar-refractivity contribution in [2.24, 2.45) is 5.92 Å². The van der Waals surface area contributed by atoms with Gasteiger partial charge in [0.1, 0.15) is 0 Å². The summed E-state index contributed by atoms with van der Waals surface area (Å²) in [5, 5.41) is 35.2. The molecule has 0 aliphatic heterocycles. The zero-order chi connectivity index (χ0) is 12.2. The third kappa shape index (κ3) is 2.91. The first-order valence-electron chi connectivity index (χ1n) is 4.16. The number of hydrogen-bond donors (Lipinski definition) is 4. The van der Waals surface area contributed by atoms with Gasteiger partial charge < -0.3 is 20.4 Å². The van der Waals surface area contributed by atoms with Gasteiger partial charge in [-0.1, -0.05) is 6.92 Å². The van der Waals surface area contributed by atoms with Crippen molar-refractivity contribution in [1.82, 2.24) is 0 Å². The Morgan fingerprint density at radius 3 is 1.87 bits per heavy atom. The molecule has 0 fully saturated rings. The molecular weight excluding hydrogens is 208 g/mol. The first-order chi connectivity index (χ1) is 6.75. The average molecular weight is 220 g/mol. The van der Waals surface area contributed by atoms with Gasteiger partial charge in [0, 0.05) is 0 Å². The minimum atomic E-state index is -2.77. The van der Waals surface area contributed by atoms with Gasteiger partial charge in [-0.25, -0.2) is 4.79 Å². The summed E-state index contributed by atoms with van der Waals surface area (Å²) >= 11 is 0. The van der Waals surface area contributed by atoms with Crippen molar-refractivity contribution in [2.45, 2.75) is 25.4 Å². The highest BCUT2D eigenvalue weighted by Gasteiger charge is 2.49. The fourth-order valence-electron chi connectivity index (χ4n) is 1.29. The van der Waals surface area contributed by atoms with E-state index in [0.29, 0.717) is 0 Å². The van der Waals surface area contributed by atoms with E-state index in [1.54, 1.807) is 0 Å². The molecule has 0 rings (SSSR count). The number of rotatable bonds is 6. The zero-order valence-corrected chi connectivity index (χ0v) is 8.01. The second-order valence-electron chi connectivity index (χ2n) is 3.10. The van der Waals surface area contributed by atoms with Gasteiger partial charge in [0.05, 0.1) is 12.3 Å². The molecule has 15 heavy (non-hydrogen) atoms. The van der Waals surface area contributed by atoms with Crippen LogP contribution in [-0.4, -0.2) is 43.9 Å².